The van der Waals surface area contributed by atoms with Crippen LogP contribution in [0.2, 0.25) is 0 Å². The lowest BCUT2D eigenvalue weighted by atomic mass is 9.95. The minimum Gasteiger partial charge on any atom is -0.354 e. The summed E-state index contributed by atoms with van der Waals surface area (Å²) in [6.45, 7) is 9.23. The molecule has 21 heavy (non-hydrogen) atoms. The molecular formula is C17H26N4. The van der Waals surface area contributed by atoms with Gasteiger partial charge in [-0.3, -0.25) is 4.90 Å². The molecule has 2 atom stereocenters. The topological polar surface area (TPSA) is 32.3 Å². The van der Waals surface area contributed by atoms with Crippen LogP contribution in [-0.4, -0.2) is 47.1 Å². The van der Waals surface area contributed by atoms with Gasteiger partial charge in [-0.2, -0.15) is 0 Å². The zero-order valence-corrected chi connectivity index (χ0v) is 13.3. The van der Waals surface area contributed by atoms with E-state index >= 15 is 0 Å². The third-order valence-corrected chi connectivity index (χ3v) is 5.63. The Labute approximate surface area is 127 Å². The summed E-state index contributed by atoms with van der Waals surface area (Å²) in [7, 11) is 0. The number of fused-ring (bicyclic) bond motifs is 4. The molecule has 0 aromatic carbocycles. The smallest absolute Gasteiger partial charge is 0.135 e. The van der Waals surface area contributed by atoms with Crippen molar-refractivity contribution in [1.29, 1.82) is 0 Å². The molecular weight excluding hydrogens is 260 g/mol. The molecule has 0 unspecified atom stereocenters. The second-order valence-electron chi connectivity index (χ2n) is 7.31. The average molecular weight is 286 g/mol. The fourth-order valence-electron chi connectivity index (χ4n) is 4.05. The van der Waals surface area contributed by atoms with Crippen molar-refractivity contribution in [3.8, 4) is 0 Å². The molecule has 0 spiro atoms. The molecule has 3 aliphatic heterocycles. The molecule has 3 saturated heterocycles. The zero-order valence-electron chi connectivity index (χ0n) is 13.3. The molecule has 1 aromatic rings. The summed E-state index contributed by atoms with van der Waals surface area (Å²) in [5, 5.41) is 0. The first-order valence-electron chi connectivity index (χ1n) is 8.48. The lowest BCUT2D eigenvalue weighted by molar-refractivity contribution is 0.128. The summed E-state index contributed by atoms with van der Waals surface area (Å²) in [6, 6.07) is 0.735. The SMILES string of the molecule is Cc1ncnc(N2C[C@H]3CC[C@@H](C2)N(CC2CC2)C3)c1C. The van der Waals surface area contributed by atoms with Gasteiger partial charge in [-0.25, -0.2) is 9.97 Å². The quantitative estimate of drug-likeness (QED) is 0.854. The molecule has 4 aliphatic rings. The number of piperidine rings is 1. The van der Waals surface area contributed by atoms with Crippen LogP contribution in [0.3, 0.4) is 0 Å². The van der Waals surface area contributed by atoms with Crippen molar-refractivity contribution in [2.45, 2.75) is 45.6 Å². The van der Waals surface area contributed by atoms with Crippen LogP contribution in [0.4, 0.5) is 5.82 Å². The first-order valence-corrected chi connectivity index (χ1v) is 8.48. The molecule has 5 rings (SSSR count). The Morgan fingerprint density at radius 2 is 1.90 bits per heavy atom. The van der Waals surface area contributed by atoms with Crippen LogP contribution in [-0.2, 0) is 0 Å². The first-order chi connectivity index (χ1) is 10.2. The van der Waals surface area contributed by atoms with Gasteiger partial charge in [0.15, 0.2) is 0 Å². The molecule has 0 N–H and O–H groups in total. The van der Waals surface area contributed by atoms with Gasteiger partial charge in [-0.05, 0) is 51.4 Å². The molecule has 4 heterocycles. The summed E-state index contributed by atoms with van der Waals surface area (Å²) in [5.41, 5.74) is 2.37. The van der Waals surface area contributed by atoms with Crippen LogP contribution in [0.5, 0.6) is 0 Å². The van der Waals surface area contributed by atoms with Gasteiger partial charge in [0.1, 0.15) is 12.1 Å². The van der Waals surface area contributed by atoms with Crippen molar-refractivity contribution >= 4 is 5.82 Å². The Kier molecular flexibility index (Phi) is 3.37. The molecule has 0 radical (unpaired) electrons. The highest BCUT2D eigenvalue weighted by Gasteiger charge is 2.37. The average Bonchev–Trinajstić information content (AvgIpc) is 3.29. The van der Waals surface area contributed by atoms with Crippen molar-refractivity contribution < 1.29 is 0 Å². The van der Waals surface area contributed by atoms with Gasteiger partial charge in [-0.1, -0.05) is 0 Å². The minimum atomic E-state index is 0.735. The number of aryl methyl sites for hydroxylation is 1. The third-order valence-electron chi connectivity index (χ3n) is 5.63. The van der Waals surface area contributed by atoms with Gasteiger partial charge < -0.3 is 4.90 Å². The fourth-order valence-corrected chi connectivity index (χ4v) is 4.05. The van der Waals surface area contributed by atoms with E-state index in [1.54, 1.807) is 6.33 Å². The number of aromatic nitrogens is 2. The fraction of sp³-hybridized carbons (Fsp3) is 0.765. The van der Waals surface area contributed by atoms with E-state index in [-0.39, 0.29) is 0 Å². The van der Waals surface area contributed by atoms with E-state index in [4.69, 9.17) is 0 Å². The van der Waals surface area contributed by atoms with Gasteiger partial charge in [0.05, 0.1) is 0 Å². The van der Waals surface area contributed by atoms with Crippen molar-refractivity contribution in [1.82, 2.24) is 14.9 Å². The highest BCUT2D eigenvalue weighted by molar-refractivity contribution is 5.48. The zero-order chi connectivity index (χ0) is 14.4. The number of hydrogen-bond acceptors (Lipinski definition) is 4. The van der Waals surface area contributed by atoms with Crippen molar-refractivity contribution in [3.05, 3.63) is 17.6 Å². The lowest BCUT2D eigenvalue weighted by Crippen LogP contribution is -2.44. The van der Waals surface area contributed by atoms with Crippen LogP contribution in [0.25, 0.3) is 0 Å². The molecule has 4 fully saturated rings. The molecule has 114 valence electrons. The predicted molar refractivity (Wildman–Crippen MR) is 84.5 cm³/mol. The maximum absolute atomic E-state index is 4.60. The maximum Gasteiger partial charge on any atom is 0.135 e. The first kappa shape index (κ1) is 13.5. The molecule has 1 saturated carbocycles. The van der Waals surface area contributed by atoms with Crippen LogP contribution >= 0.6 is 0 Å². The van der Waals surface area contributed by atoms with Crippen LogP contribution in [0.15, 0.2) is 6.33 Å². The predicted octanol–water partition coefficient (Wildman–Crippen LogP) is 2.40. The summed E-state index contributed by atoms with van der Waals surface area (Å²) < 4.78 is 0. The van der Waals surface area contributed by atoms with Crippen LogP contribution in [0, 0.1) is 25.7 Å². The Morgan fingerprint density at radius 1 is 1.05 bits per heavy atom. The summed E-state index contributed by atoms with van der Waals surface area (Å²) in [6.07, 6.45) is 7.42. The minimum absolute atomic E-state index is 0.735. The number of rotatable bonds is 3. The summed E-state index contributed by atoms with van der Waals surface area (Å²) >= 11 is 0. The van der Waals surface area contributed by atoms with Gasteiger partial charge in [0, 0.05) is 43.5 Å². The van der Waals surface area contributed by atoms with Gasteiger partial charge in [0.2, 0.25) is 0 Å². The van der Waals surface area contributed by atoms with Crippen molar-refractivity contribution in [3.63, 3.8) is 0 Å². The summed E-state index contributed by atoms with van der Waals surface area (Å²) in [5.74, 6) is 2.99. The van der Waals surface area contributed by atoms with Crippen LogP contribution in [0.1, 0.15) is 36.9 Å². The van der Waals surface area contributed by atoms with Gasteiger partial charge >= 0.3 is 0 Å². The van der Waals surface area contributed by atoms with E-state index in [2.05, 4.69) is 33.6 Å². The standard InChI is InChI=1S/C17H26N4/c1-12-13(2)18-11-19-17(12)21-9-15-5-6-16(10-21)20(8-15)7-14-3-4-14/h11,14-16H,3-10H2,1-2H3/t15-,16-/m0/s1. The number of nitrogens with zero attached hydrogens (tertiary/aromatic N) is 4. The second kappa shape index (κ2) is 5.24. The highest BCUT2D eigenvalue weighted by Crippen LogP contribution is 2.36. The third kappa shape index (κ3) is 2.66. The second-order valence-corrected chi connectivity index (χ2v) is 7.31. The number of anilines is 1. The molecule has 0 amide bonds. The molecule has 1 aliphatic carbocycles. The van der Waals surface area contributed by atoms with E-state index in [0.717, 1.165) is 30.1 Å². The number of hydrogen-bond donors (Lipinski definition) is 0. The van der Waals surface area contributed by atoms with E-state index in [0.29, 0.717) is 0 Å². The Balaban J connectivity index is 1.56. The van der Waals surface area contributed by atoms with Crippen LogP contribution < -0.4 is 4.90 Å². The monoisotopic (exact) mass is 286 g/mol. The summed E-state index contributed by atoms with van der Waals surface area (Å²) in [4.78, 5) is 14.2. The van der Waals surface area contributed by atoms with Crippen molar-refractivity contribution in [2.24, 2.45) is 11.8 Å². The maximum atomic E-state index is 4.60. The van der Waals surface area contributed by atoms with E-state index in [1.807, 2.05) is 0 Å². The lowest BCUT2D eigenvalue weighted by Gasteiger charge is -2.36. The molecule has 4 nitrogen and oxygen atoms in total. The van der Waals surface area contributed by atoms with Crippen molar-refractivity contribution in [2.75, 3.05) is 31.1 Å². The Hall–Kier alpha value is -1.16. The Bertz CT molecular complexity index is 526. The van der Waals surface area contributed by atoms with Gasteiger partial charge in [0.25, 0.3) is 0 Å². The Morgan fingerprint density at radius 3 is 2.71 bits per heavy atom. The van der Waals surface area contributed by atoms with E-state index in [9.17, 15) is 0 Å². The molecule has 1 aromatic heterocycles. The van der Waals surface area contributed by atoms with E-state index in [1.165, 1.54) is 56.7 Å². The molecule has 4 heteroatoms. The van der Waals surface area contributed by atoms with Gasteiger partial charge in [-0.15, -0.1) is 0 Å². The normalized spacial score (nSPS) is 29.7. The highest BCUT2D eigenvalue weighted by atomic mass is 15.3. The van der Waals surface area contributed by atoms with E-state index < -0.39 is 0 Å². The molecule has 2 bridgehead atoms. The largest absolute Gasteiger partial charge is 0.354 e.